The van der Waals surface area contributed by atoms with Crippen molar-refractivity contribution in [3.63, 3.8) is 0 Å². The molecule has 0 radical (unpaired) electrons. The number of H-pyrrole nitrogens is 1. The van der Waals surface area contributed by atoms with Crippen LogP contribution >= 0.6 is 0 Å². The molecule has 8 heteroatoms. The Morgan fingerprint density at radius 3 is 2.79 bits per heavy atom. The van der Waals surface area contributed by atoms with Crippen molar-refractivity contribution in [3.05, 3.63) is 46.3 Å². The third kappa shape index (κ3) is 3.10. The maximum absolute atomic E-state index is 13.3. The highest BCUT2D eigenvalue weighted by Gasteiger charge is 2.79. The first-order valence-corrected chi connectivity index (χ1v) is 14.6. The lowest BCUT2D eigenvalue weighted by molar-refractivity contribution is -0.401. The molecule has 1 aromatic rings. The van der Waals surface area contributed by atoms with Gasteiger partial charge in [-0.2, -0.15) is 0 Å². The van der Waals surface area contributed by atoms with Crippen LogP contribution < -0.4 is 0 Å². The van der Waals surface area contributed by atoms with Crippen LogP contribution in [0.1, 0.15) is 74.1 Å². The highest BCUT2D eigenvalue weighted by Crippen LogP contribution is 2.74. The van der Waals surface area contributed by atoms with E-state index in [0.717, 1.165) is 41.9 Å². The molecule has 1 spiro atoms. The monoisotopic (exact) mass is 538 g/mol. The molecule has 4 heterocycles. The molecule has 3 unspecified atom stereocenters. The highest BCUT2D eigenvalue weighted by molar-refractivity contribution is 5.91. The first-order valence-electron chi connectivity index (χ1n) is 14.6. The van der Waals surface area contributed by atoms with Gasteiger partial charge in [-0.05, 0) is 76.6 Å². The fourth-order valence-electron chi connectivity index (χ4n) is 9.83. The van der Waals surface area contributed by atoms with Crippen LogP contribution in [0.25, 0.3) is 0 Å². The molecular formula is C31H42N2O6. The van der Waals surface area contributed by atoms with Crippen molar-refractivity contribution in [2.45, 2.75) is 95.4 Å². The third-order valence-corrected chi connectivity index (χ3v) is 11.5. The number of aromatic nitrogens is 1. The highest BCUT2D eigenvalue weighted by atomic mass is 16.7. The van der Waals surface area contributed by atoms with E-state index in [2.05, 4.69) is 36.0 Å². The number of hydrogen-bond acceptors (Lipinski definition) is 7. The number of allylic oxidation sites excluding steroid dienone is 1. The van der Waals surface area contributed by atoms with Crippen molar-refractivity contribution in [1.29, 1.82) is 0 Å². The van der Waals surface area contributed by atoms with Gasteiger partial charge in [0, 0.05) is 48.1 Å². The average molecular weight is 539 g/mol. The quantitative estimate of drug-likeness (QED) is 0.399. The van der Waals surface area contributed by atoms with Gasteiger partial charge in [0.15, 0.2) is 5.79 Å². The summed E-state index contributed by atoms with van der Waals surface area (Å²) in [6.07, 6.45) is 7.06. The van der Waals surface area contributed by atoms with Crippen molar-refractivity contribution in [2.75, 3.05) is 26.7 Å². The number of hydrogen-bond donors (Lipinski definition) is 3. The van der Waals surface area contributed by atoms with Crippen molar-refractivity contribution < 1.29 is 29.2 Å². The molecule has 5 fully saturated rings. The van der Waals surface area contributed by atoms with Gasteiger partial charge >= 0.3 is 5.97 Å². The van der Waals surface area contributed by atoms with Crippen molar-refractivity contribution in [3.8, 4) is 0 Å². The third-order valence-electron chi connectivity index (χ3n) is 11.5. The van der Waals surface area contributed by atoms with Crippen LogP contribution in [0.3, 0.4) is 0 Å². The van der Waals surface area contributed by atoms with E-state index in [0.29, 0.717) is 44.4 Å². The van der Waals surface area contributed by atoms with Crippen LogP contribution in [0.5, 0.6) is 0 Å². The summed E-state index contributed by atoms with van der Waals surface area (Å²) in [5.74, 6) is -1.31. The second-order valence-corrected chi connectivity index (χ2v) is 13.6. The molecule has 3 aliphatic heterocycles. The summed E-state index contributed by atoms with van der Waals surface area (Å²) < 4.78 is 19.9. The molecule has 1 aromatic heterocycles. The maximum Gasteiger partial charge on any atom is 0.340 e. The van der Waals surface area contributed by atoms with Crippen LogP contribution in [0.2, 0.25) is 0 Å². The topological polar surface area (TPSA) is 104 Å². The van der Waals surface area contributed by atoms with Gasteiger partial charge in [0.1, 0.15) is 17.3 Å². The molecule has 0 aromatic carbocycles. The van der Waals surface area contributed by atoms with Crippen LogP contribution in [0, 0.1) is 30.6 Å². The number of carbonyl (C=O) groups excluding carboxylic acids is 1. The van der Waals surface area contributed by atoms with Crippen LogP contribution in [-0.4, -0.2) is 82.0 Å². The summed E-state index contributed by atoms with van der Waals surface area (Å²) in [5.41, 5.74) is 1.68. The second-order valence-electron chi connectivity index (χ2n) is 13.6. The van der Waals surface area contributed by atoms with Crippen LogP contribution in [0.4, 0.5) is 0 Å². The minimum atomic E-state index is -1.22. The lowest BCUT2D eigenvalue weighted by Crippen LogP contribution is -2.79. The lowest BCUT2D eigenvalue weighted by atomic mass is 9.41. The van der Waals surface area contributed by atoms with Crippen LogP contribution in [0.15, 0.2) is 29.4 Å². The fourth-order valence-corrected chi connectivity index (χ4v) is 9.83. The standard InChI is InChI=1S/C31H42N2O6/c1-18-14-22(19(2)32-18)26(35)38-20(3)23-8-9-30-24-7-6-21-15-29(36)11-10-27(21,4)31(24,39-29)25(34)16-28(23,30)17-33(5)12-13-37-30/h7-8,14,20-21,25,32,34,36H,6,9-13,15-17H2,1-5H3/t20?,21-,25-,27+,28?,29+,30+,31?/m1/s1. The summed E-state index contributed by atoms with van der Waals surface area (Å²) in [7, 11) is 2.10. The van der Waals surface area contributed by atoms with E-state index in [1.165, 1.54) is 0 Å². The number of carbonyl (C=O) groups is 1. The Morgan fingerprint density at radius 2 is 2.05 bits per heavy atom. The number of nitrogens with zero attached hydrogens (tertiary/aromatic N) is 1. The fraction of sp³-hybridized carbons (Fsp3) is 0.710. The van der Waals surface area contributed by atoms with Gasteiger partial charge in [0.2, 0.25) is 0 Å². The number of aliphatic hydroxyl groups is 2. The second kappa shape index (κ2) is 8.07. The molecule has 212 valence electrons. The van der Waals surface area contributed by atoms with Gasteiger partial charge in [-0.25, -0.2) is 4.79 Å². The van der Waals surface area contributed by atoms with Gasteiger partial charge in [0.25, 0.3) is 0 Å². The molecule has 3 N–H and O–H groups in total. The first-order chi connectivity index (χ1) is 18.4. The van der Waals surface area contributed by atoms with Crippen molar-refractivity contribution in [2.24, 2.45) is 16.7 Å². The molecule has 0 amide bonds. The van der Waals surface area contributed by atoms with Gasteiger partial charge < -0.3 is 34.3 Å². The Morgan fingerprint density at radius 1 is 1.26 bits per heavy atom. The van der Waals surface area contributed by atoms with E-state index in [4.69, 9.17) is 14.2 Å². The lowest BCUT2D eigenvalue weighted by Gasteiger charge is -2.73. The molecule has 8 nitrogen and oxygen atoms in total. The Balaban J connectivity index is 1.32. The summed E-state index contributed by atoms with van der Waals surface area (Å²) >= 11 is 0. The Kier molecular flexibility index (Phi) is 5.37. The normalized spacial score (nSPS) is 45.4. The largest absolute Gasteiger partial charge is 0.454 e. The number of aliphatic hydroxyl groups excluding tert-OH is 1. The molecule has 4 aliphatic carbocycles. The number of rotatable bonds is 3. The molecular weight excluding hydrogens is 496 g/mol. The Labute approximate surface area is 230 Å². The summed E-state index contributed by atoms with van der Waals surface area (Å²) in [4.78, 5) is 18.7. The van der Waals surface area contributed by atoms with E-state index >= 15 is 0 Å². The molecule has 3 saturated heterocycles. The number of aromatic amines is 1. The number of likely N-dealkylation sites (N-methyl/N-ethyl adjacent to an activating group) is 1. The zero-order chi connectivity index (χ0) is 27.6. The summed E-state index contributed by atoms with van der Waals surface area (Å²) in [6, 6.07) is 1.83. The number of nitrogens with one attached hydrogen (secondary N) is 1. The predicted octanol–water partition coefficient (Wildman–Crippen LogP) is 3.55. The SMILES string of the molecule is Cc1cc(C(=O)OC(C)C2=CC[C@@]34OCCN(C)CC23C[C@@H](O)C23O[C@@]5(O)CC[C@@]2(C)[C@H](CC=C34)C5)c(C)[nH]1. The zero-order valence-corrected chi connectivity index (χ0v) is 23.8. The van der Waals surface area contributed by atoms with Gasteiger partial charge in [-0.1, -0.05) is 19.1 Å². The molecule has 2 saturated carbocycles. The number of esters is 1. The minimum absolute atomic E-state index is 0.252. The molecule has 4 bridgehead atoms. The Hall–Kier alpha value is -1.97. The van der Waals surface area contributed by atoms with Crippen molar-refractivity contribution >= 4 is 5.97 Å². The van der Waals surface area contributed by atoms with Gasteiger partial charge in [-0.3, -0.25) is 0 Å². The number of aryl methyl sites for hydroxylation is 2. The maximum atomic E-state index is 13.3. The first kappa shape index (κ1) is 26.0. The number of ether oxygens (including phenoxy) is 3. The van der Waals surface area contributed by atoms with E-state index in [1.54, 1.807) is 0 Å². The van der Waals surface area contributed by atoms with Gasteiger partial charge in [0.05, 0.1) is 18.3 Å². The molecule has 39 heavy (non-hydrogen) atoms. The molecule has 7 aliphatic rings. The van der Waals surface area contributed by atoms with E-state index in [-0.39, 0.29) is 17.3 Å². The smallest absolute Gasteiger partial charge is 0.340 e. The van der Waals surface area contributed by atoms with E-state index in [1.807, 2.05) is 26.8 Å². The van der Waals surface area contributed by atoms with Crippen LogP contribution in [-0.2, 0) is 14.2 Å². The van der Waals surface area contributed by atoms with E-state index < -0.39 is 34.6 Å². The van der Waals surface area contributed by atoms with Crippen molar-refractivity contribution in [1.82, 2.24) is 9.88 Å². The minimum Gasteiger partial charge on any atom is -0.454 e. The molecule has 8 atom stereocenters. The average Bonchev–Trinajstić information content (AvgIpc) is 3.31. The summed E-state index contributed by atoms with van der Waals surface area (Å²) in [6.45, 7) is 10.0. The predicted molar refractivity (Wildman–Crippen MR) is 144 cm³/mol. The number of fused-ring (bicyclic) bond motifs is 1. The summed E-state index contributed by atoms with van der Waals surface area (Å²) in [5, 5.41) is 23.8. The zero-order valence-electron chi connectivity index (χ0n) is 23.8. The molecule has 8 rings (SSSR count). The van der Waals surface area contributed by atoms with Gasteiger partial charge in [-0.15, -0.1) is 0 Å². The van der Waals surface area contributed by atoms with E-state index in [9.17, 15) is 15.0 Å². The Bertz CT molecular complexity index is 1300.